The van der Waals surface area contributed by atoms with E-state index in [1.807, 2.05) is 27.7 Å². The van der Waals surface area contributed by atoms with E-state index in [2.05, 4.69) is 5.32 Å². The number of rotatable bonds is 6. The van der Waals surface area contributed by atoms with Crippen LogP contribution in [0.1, 0.15) is 52.2 Å². The number of carbonyl (C=O) groups is 2. The lowest BCUT2D eigenvalue weighted by Gasteiger charge is -2.34. The molecule has 0 aliphatic carbocycles. The summed E-state index contributed by atoms with van der Waals surface area (Å²) in [6.07, 6.45) is 0.407. The predicted octanol–water partition coefficient (Wildman–Crippen LogP) is 3.13. The van der Waals surface area contributed by atoms with Crippen molar-refractivity contribution in [3.05, 3.63) is 39.7 Å². The molecule has 0 atom stereocenters. The molecule has 6 heteroatoms. The molecule has 6 nitrogen and oxygen atoms in total. The van der Waals surface area contributed by atoms with Crippen molar-refractivity contribution in [3.63, 3.8) is 0 Å². The van der Waals surface area contributed by atoms with Gasteiger partial charge in [-0.25, -0.2) is 4.79 Å². The Morgan fingerprint density at radius 3 is 2.41 bits per heavy atom. The molecule has 1 aromatic heterocycles. The maximum absolute atomic E-state index is 12.6. The maximum Gasteiger partial charge on any atom is 0.340 e. The normalized spacial score (nSPS) is 12.2. The number of nitrogens with one attached hydrogen (secondary N) is 1. The van der Waals surface area contributed by atoms with Crippen LogP contribution in [0.25, 0.3) is 11.0 Å². The molecule has 0 saturated heterocycles. The molecule has 1 amide bonds. The largest absolute Gasteiger partial charge is 0.422 e. The van der Waals surface area contributed by atoms with E-state index in [0.29, 0.717) is 28.8 Å². The standard InChI is InChI=1S/C21H28N2O4/c1-12-15-8-7-14(22)9-17(15)27-19(26)16(12)10-18(25)23-21(5,6)11-20(3,4)13(2)24/h7-9H,10-11,22H2,1-6H3,(H,23,25). The van der Waals surface area contributed by atoms with Crippen molar-refractivity contribution in [2.24, 2.45) is 5.41 Å². The van der Waals surface area contributed by atoms with Gasteiger partial charge in [-0.1, -0.05) is 13.8 Å². The molecule has 0 radical (unpaired) electrons. The van der Waals surface area contributed by atoms with Crippen molar-refractivity contribution < 1.29 is 14.0 Å². The van der Waals surface area contributed by atoms with Gasteiger partial charge in [-0.15, -0.1) is 0 Å². The first-order chi connectivity index (χ1) is 12.3. The van der Waals surface area contributed by atoms with Crippen LogP contribution in [0.5, 0.6) is 0 Å². The van der Waals surface area contributed by atoms with Crippen LogP contribution in [0.3, 0.4) is 0 Å². The van der Waals surface area contributed by atoms with Crippen LogP contribution in [0.15, 0.2) is 27.4 Å². The van der Waals surface area contributed by atoms with Gasteiger partial charge >= 0.3 is 5.63 Å². The molecule has 2 rings (SSSR count). The number of hydrogen-bond donors (Lipinski definition) is 2. The predicted molar refractivity (Wildman–Crippen MR) is 107 cm³/mol. The Kier molecular flexibility index (Phi) is 5.50. The van der Waals surface area contributed by atoms with Gasteiger partial charge in [0.1, 0.15) is 11.4 Å². The minimum atomic E-state index is -0.592. The Morgan fingerprint density at radius 2 is 1.81 bits per heavy atom. The number of hydrogen-bond acceptors (Lipinski definition) is 5. The van der Waals surface area contributed by atoms with Crippen molar-refractivity contribution in [2.45, 2.75) is 59.9 Å². The summed E-state index contributed by atoms with van der Waals surface area (Å²) >= 11 is 0. The SMILES string of the molecule is CC(=O)C(C)(C)CC(C)(C)NC(=O)Cc1c(C)c2ccc(N)cc2oc1=O. The van der Waals surface area contributed by atoms with E-state index < -0.39 is 16.6 Å². The molecular weight excluding hydrogens is 344 g/mol. The summed E-state index contributed by atoms with van der Waals surface area (Å²) in [6, 6.07) is 5.11. The van der Waals surface area contributed by atoms with Gasteiger partial charge in [-0.3, -0.25) is 9.59 Å². The summed E-state index contributed by atoms with van der Waals surface area (Å²) in [7, 11) is 0. The van der Waals surface area contributed by atoms with Crippen molar-refractivity contribution in [1.82, 2.24) is 5.32 Å². The number of nitrogen functional groups attached to an aromatic ring is 1. The van der Waals surface area contributed by atoms with Crippen molar-refractivity contribution >= 4 is 28.3 Å². The Bertz CT molecular complexity index is 955. The summed E-state index contributed by atoms with van der Waals surface area (Å²) in [4.78, 5) is 36.7. The van der Waals surface area contributed by atoms with Gasteiger partial charge in [0.2, 0.25) is 5.91 Å². The average Bonchev–Trinajstić information content (AvgIpc) is 2.49. The lowest BCUT2D eigenvalue weighted by molar-refractivity contribution is -0.128. The first kappa shape index (κ1) is 20.7. The maximum atomic E-state index is 12.6. The molecule has 3 N–H and O–H groups in total. The van der Waals surface area contributed by atoms with Crippen molar-refractivity contribution in [3.8, 4) is 0 Å². The van der Waals surface area contributed by atoms with Crippen molar-refractivity contribution in [2.75, 3.05) is 5.73 Å². The summed E-state index contributed by atoms with van der Waals surface area (Å²) in [5.41, 5.74) is 6.00. The molecule has 27 heavy (non-hydrogen) atoms. The molecule has 0 spiro atoms. The van der Waals surface area contributed by atoms with E-state index in [1.54, 1.807) is 32.0 Å². The van der Waals surface area contributed by atoms with Crippen LogP contribution in [0, 0.1) is 12.3 Å². The van der Waals surface area contributed by atoms with Crippen LogP contribution in [0.2, 0.25) is 0 Å². The molecule has 0 aliphatic heterocycles. The highest BCUT2D eigenvalue weighted by molar-refractivity contribution is 5.86. The fourth-order valence-corrected chi connectivity index (χ4v) is 3.47. The fraction of sp³-hybridized carbons (Fsp3) is 0.476. The van der Waals surface area contributed by atoms with E-state index in [4.69, 9.17) is 10.2 Å². The molecular formula is C21H28N2O4. The van der Waals surface area contributed by atoms with E-state index in [-0.39, 0.29) is 18.1 Å². The highest BCUT2D eigenvalue weighted by atomic mass is 16.4. The monoisotopic (exact) mass is 372 g/mol. The summed E-state index contributed by atoms with van der Waals surface area (Å²) in [5, 5.41) is 3.69. The van der Waals surface area contributed by atoms with Crippen LogP contribution < -0.4 is 16.7 Å². The Labute approximate surface area is 159 Å². The number of fused-ring (bicyclic) bond motifs is 1. The second-order valence-corrected chi connectivity index (χ2v) is 8.47. The zero-order valence-electron chi connectivity index (χ0n) is 16.9. The third-order valence-electron chi connectivity index (χ3n) is 4.96. The molecule has 2 aromatic rings. The fourth-order valence-electron chi connectivity index (χ4n) is 3.47. The second kappa shape index (κ2) is 7.18. The number of Topliss-reactive ketones (excluding diaryl/α,β-unsaturated/α-hetero) is 1. The Morgan fingerprint density at radius 1 is 1.19 bits per heavy atom. The van der Waals surface area contributed by atoms with Crippen LogP contribution >= 0.6 is 0 Å². The minimum Gasteiger partial charge on any atom is -0.422 e. The van der Waals surface area contributed by atoms with Crippen molar-refractivity contribution in [1.29, 1.82) is 0 Å². The van der Waals surface area contributed by atoms with E-state index in [0.717, 1.165) is 5.39 Å². The number of carbonyl (C=O) groups excluding carboxylic acids is 2. The topological polar surface area (TPSA) is 102 Å². The number of anilines is 1. The third kappa shape index (κ3) is 4.76. The van der Waals surface area contributed by atoms with E-state index in [9.17, 15) is 14.4 Å². The molecule has 146 valence electrons. The third-order valence-corrected chi connectivity index (χ3v) is 4.96. The molecule has 0 unspecified atom stereocenters. The zero-order chi connectivity index (χ0) is 20.6. The average molecular weight is 372 g/mol. The number of nitrogens with two attached hydrogens (primary N) is 1. The number of amides is 1. The molecule has 1 aromatic carbocycles. The quantitative estimate of drug-likeness (QED) is 0.599. The molecule has 0 bridgehead atoms. The summed E-state index contributed by atoms with van der Waals surface area (Å²) in [6.45, 7) is 10.8. The van der Waals surface area contributed by atoms with Gasteiger partial charge in [0, 0.05) is 28.1 Å². The minimum absolute atomic E-state index is 0.0649. The van der Waals surface area contributed by atoms with Gasteiger partial charge in [0.05, 0.1) is 12.0 Å². The van der Waals surface area contributed by atoms with Crippen LogP contribution in [-0.2, 0) is 16.0 Å². The summed E-state index contributed by atoms with van der Waals surface area (Å²) in [5.74, 6) is -0.223. The zero-order valence-corrected chi connectivity index (χ0v) is 16.9. The van der Waals surface area contributed by atoms with Gasteiger partial charge in [-0.2, -0.15) is 0 Å². The van der Waals surface area contributed by atoms with Crippen LogP contribution in [0.4, 0.5) is 5.69 Å². The summed E-state index contributed by atoms with van der Waals surface area (Å²) < 4.78 is 5.34. The van der Waals surface area contributed by atoms with E-state index in [1.165, 1.54) is 0 Å². The smallest absolute Gasteiger partial charge is 0.340 e. The molecule has 0 fully saturated rings. The van der Waals surface area contributed by atoms with Crippen LogP contribution in [-0.4, -0.2) is 17.2 Å². The lowest BCUT2D eigenvalue weighted by Crippen LogP contribution is -2.48. The van der Waals surface area contributed by atoms with Gasteiger partial charge in [0.15, 0.2) is 0 Å². The molecule has 0 saturated carbocycles. The van der Waals surface area contributed by atoms with Gasteiger partial charge in [-0.05, 0) is 51.8 Å². The highest BCUT2D eigenvalue weighted by Crippen LogP contribution is 2.29. The first-order valence-corrected chi connectivity index (χ1v) is 8.96. The Balaban J connectivity index is 2.24. The number of ketones is 1. The first-order valence-electron chi connectivity index (χ1n) is 8.96. The Hall–Kier alpha value is -2.63. The molecule has 0 aliphatic rings. The second-order valence-electron chi connectivity index (χ2n) is 8.47. The molecule has 1 heterocycles. The number of benzene rings is 1. The van der Waals surface area contributed by atoms with Gasteiger partial charge in [0.25, 0.3) is 0 Å². The lowest BCUT2D eigenvalue weighted by atomic mass is 9.77. The highest BCUT2D eigenvalue weighted by Gasteiger charge is 2.33. The number of aryl methyl sites for hydroxylation is 1. The van der Waals surface area contributed by atoms with E-state index >= 15 is 0 Å². The van der Waals surface area contributed by atoms with Gasteiger partial charge < -0.3 is 15.5 Å².